The maximum atomic E-state index is 11.3. The van der Waals surface area contributed by atoms with Gasteiger partial charge in [0.2, 0.25) is 5.91 Å². The second-order valence-corrected chi connectivity index (χ2v) is 4.07. The Morgan fingerprint density at radius 2 is 2.08 bits per heavy atom. The minimum absolute atomic E-state index is 0. The monoisotopic (exact) mass is 206 g/mol. The fourth-order valence-corrected chi connectivity index (χ4v) is 1.32. The molecule has 1 rings (SSSR count). The summed E-state index contributed by atoms with van der Waals surface area (Å²) in [4.78, 5) is 11.3. The van der Waals surface area contributed by atoms with Crippen molar-refractivity contribution in [2.24, 2.45) is 17.6 Å². The zero-order valence-electron chi connectivity index (χ0n) is 8.25. The average molecular weight is 207 g/mol. The lowest BCUT2D eigenvalue weighted by molar-refractivity contribution is -0.128. The molecule has 0 aromatic carbocycles. The highest BCUT2D eigenvalue weighted by Crippen LogP contribution is 2.25. The minimum atomic E-state index is 0. The maximum absolute atomic E-state index is 11.3. The first-order chi connectivity index (χ1) is 5.59. The Morgan fingerprint density at radius 1 is 1.54 bits per heavy atom. The fourth-order valence-electron chi connectivity index (χ4n) is 1.32. The topological polar surface area (TPSA) is 55.1 Å². The quantitative estimate of drug-likeness (QED) is 0.722. The molecular weight excluding hydrogens is 188 g/mol. The van der Waals surface area contributed by atoms with Gasteiger partial charge in [-0.1, -0.05) is 13.8 Å². The highest BCUT2D eigenvalue weighted by atomic mass is 35.5. The average Bonchev–Trinajstić information content (AvgIpc) is 1.94. The number of hydrogen-bond donors (Lipinski definition) is 2. The molecule has 3 nitrogen and oxygen atoms in total. The van der Waals surface area contributed by atoms with Crippen molar-refractivity contribution in [1.82, 2.24) is 5.32 Å². The van der Waals surface area contributed by atoms with Crippen LogP contribution in [0.2, 0.25) is 0 Å². The number of carbonyl (C=O) groups excluding carboxylic acids is 1. The lowest BCUT2D eigenvalue weighted by Crippen LogP contribution is -2.45. The summed E-state index contributed by atoms with van der Waals surface area (Å²) in [5.74, 6) is 0.909. The third kappa shape index (κ3) is 3.96. The van der Waals surface area contributed by atoms with Gasteiger partial charge in [0.1, 0.15) is 0 Å². The van der Waals surface area contributed by atoms with E-state index in [2.05, 4.69) is 19.2 Å². The van der Waals surface area contributed by atoms with Gasteiger partial charge in [-0.05, 0) is 18.8 Å². The molecule has 1 saturated carbocycles. The molecule has 1 aliphatic carbocycles. The van der Waals surface area contributed by atoms with Gasteiger partial charge >= 0.3 is 0 Å². The second-order valence-electron chi connectivity index (χ2n) is 4.07. The summed E-state index contributed by atoms with van der Waals surface area (Å²) in [5, 5.41) is 2.91. The maximum Gasteiger partial charge on any atom is 0.223 e. The number of carbonyl (C=O) groups is 1. The lowest BCUT2D eigenvalue weighted by atomic mass is 9.80. The van der Waals surface area contributed by atoms with Gasteiger partial charge in [0, 0.05) is 18.5 Å². The highest BCUT2D eigenvalue weighted by molar-refractivity contribution is 5.85. The number of hydrogen-bond acceptors (Lipinski definition) is 2. The summed E-state index contributed by atoms with van der Waals surface area (Å²) in [7, 11) is 0. The molecule has 1 amide bonds. The van der Waals surface area contributed by atoms with E-state index in [1.54, 1.807) is 0 Å². The van der Waals surface area contributed by atoms with E-state index < -0.39 is 0 Å². The zero-order valence-corrected chi connectivity index (χ0v) is 9.06. The van der Waals surface area contributed by atoms with Crippen LogP contribution in [0, 0.1) is 11.8 Å². The Balaban J connectivity index is 0.00000144. The molecule has 13 heavy (non-hydrogen) atoms. The van der Waals surface area contributed by atoms with Gasteiger partial charge in [0.25, 0.3) is 0 Å². The third-order valence-electron chi connectivity index (χ3n) is 2.23. The Hall–Kier alpha value is -0.280. The van der Waals surface area contributed by atoms with E-state index >= 15 is 0 Å². The molecule has 78 valence electrons. The van der Waals surface area contributed by atoms with Crippen LogP contribution in [0.3, 0.4) is 0 Å². The number of rotatable bonds is 3. The number of nitrogens with two attached hydrogens (primary N) is 1. The molecule has 0 aliphatic heterocycles. The molecule has 1 fully saturated rings. The van der Waals surface area contributed by atoms with Crippen LogP contribution in [0.5, 0.6) is 0 Å². The summed E-state index contributed by atoms with van der Waals surface area (Å²) in [6.07, 6.45) is 1.73. The van der Waals surface area contributed by atoms with Gasteiger partial charge in [-0.3, -0.25) is 4.79 Å². The first-order valence-electron chi connectivity index (χ1n) is 4.63. The SMILES string of the molecule is CC(C)CNC(=O)C1CC(N)C1.Cl. The fraction of sp³-hybridized carbons (Fsp3) is 0.889. The van der Waals surface area contributed by atoms with Crippen molar-refractivity contribution < 1.29 is 4.79 Å². The van der Waals surface area contributed by atoms with E-state index in [0.717, 1.165) is 19.4 Å². The van der Waals surface area contributed by atoms with Gasteiger partial charge in [0.05, 0.1) is 0 Å². The largest absolute Gasteiger partial charge is 0.356 e. The number of halogens is 1. The van der Waals surface area contributed by atoms with Gasteiger partial charge in [-0.15, -0.1) is 12.4 Å². The molecule has 4 heteroatoms. The van der Waals surface area contributed by atoms with Crippen LogP contribution >= 0.6 is 12.4 Å². The lowest BCUT2D eigenvalue weighted by Gasteiger charge is -2.31. The number of amides is 1. The smallest absolute Gasteiger partial charge is 0.223 e. The van der Waals surface area contributed by atoms with E-state index in [-0.39, 0.29) is 30.3 Å². The van der Waals surface area contributed by atoms with E-state index in [4.69, 9.17) is 5.73 Å². The van der Waals surface area contributed by atoms with Crippen LogP contribution in [0.1, 0.15) is 26.7 Å². The summed E-state index contributed by atoms with van der Waals surface area (Å²) < 4.78 is 0. The van der Waals surface area contributed by atoms with E-state index in [1.165, 1.54) is 0 Å². The molecule has 0 spiro atoms. The van der Waals surface area contributed by atoms with Crippen LogP contribution in [0.15, 0.2) is 0 Å². The molecule has 0 bridgehead atoms. The number of nitrogens with one attached hydrogen (secondary N) is 1. The minimum Gasteiger partial charge on any atom is -0.356 e. The Labute approximate surface area is 85.9 Å². The summed E-state index contributed by atoms with van der Waals surface area (Å²) >= 11 is 0. The molecule has 0 saturated heterocycles. The van der Waals surface area contributed by atoms with E-state index in [9.17, 15) is 4.79 Å². The van der Waals surface area contributed by atoms with E-state index in [0.29, 0.717) is 5.92 Å². The van der Waals surface area contributed by atoms with Crippen molar-refractivity contribution in [3.8, 4) is 0 Å². The summed E-state index contributed by atoms with van der Waals surface area (Å²) in [5.41, 5.74) is 5.58. The van der Waals surface area contributed by atoms with Gasteiger partial charge < -0.3 is 11.1 Å². The van der Waals surface area contributed by atoms with Crippen LogP contribution in [0.4, 0.5) is 0 Å². The second kappa shape index (κ2) is 5.45. The molecule has 0 radical (unpaired) electrons. The van der Waals surface area contributed by atoms with Crippen molar-refractivity contribution in [2.45, 2.75) is 32.7 Å². The Morgan fingerprint density at radius 3 is 2.46 bits per heavy atom. The van der Waals surface area contributed by atoms with Crippen molar-refractivity contribution >= 4 is 18.3 Å². The highest BCUT2D eigenvalue weighted by Gasteiger charge is 2.31. The molecule has 0 unspecified atom stereocenters. The first-order valence-corrected chi connectivity index (χ1v) is 4.63. The zero-order chi connectivity index (χ0) is 9.14. The molecule has 0 aromatic rings. The van der Waals surface area contributed by atoms with Gasteiger partial charge in [-0.25, -0.2) is 0 Å². The van der Waals surface area contributed by atoms with Crippen molar-refractivity contribution in [1.29, 1.82) is 0 Å². The van der Waals surface area contributed by atoms with Crippen molar-refractivity contribution in [3.05, 3.63) is 0 Å². The molecule has 0 atom stereocenters. The molecule has 0 heterocycles. The standard InChI is InChI=1S/C9H18N2O.ClH/c1-6(2)5-11-9(12)7-3-8(10)4-7;/h6-8H,3-5,10H2,1-2H3,(H,11,12);1H. The predicted octanol–water partition coefficient (Wildman–Crippen LogP) is 0.918. The molecular formula is C9H19ClN2O. The Bertz CT molecular complexity index is 167. The van der Waals surface area contributed by atoms with Gasteiger partial charge in [-0.2, -0.15) is 0 Å². The third-order valence-corrected chi connectivity index (χ3v) is 2.23. The summed E-state index contributed by atoms with van der Waals surface area (Å²) in [6.45, 7) is 4.96. The van der Waals surface area contributed by atoms with Crippen LogP contribution in [-0.2, 0) is 4.79 Å². The molecule has 1 aliphatic rings. The Kier molecular flexibility index (Phi) is 5.33. The molecule has 3 N–H and O–H groups in total. The van der Waals surface area contributed by atoms with Crippen molar-refractivity contribution in [3.63, 3.8) is 0 Å². The van der Waals surface area contributed by atoms with Gasteiger partial charge in [0.15, 0.2) is 0 Å². The van der Waals surface area contributed by atoms with Crippen LogP contribution < -0.4 is 11.1 Å². The molecule has 0 aromatic heterocycles. The van der Waals surface area contributed by atoms with Crippen molar-refractivity contribution in [2.75, 3.05) is 6.54 Å². The first kappa shape index (κ1) is 12.7. The summed E-state index contributed by atoms with van der Waals surface area (Å²) in [6, 6.07) is 0.264. The van der Waals surface area contributed by atoms with Crippen LogP contribution in [0.25, 0.3) is 0 Å². The van der Waals surface area contributed by atoms with Crippen LogP contribution in [-0.4, -0.2) is 18.5 Å². The van der Waals surface area contributed by atoms with E-state index in [1.807, 2.05) is 0 Å². The predicted molar refractivity (Wildman–Crippen MR) is 55.8 cm³/mol. The normalized spacial score (nSPS) is 26.2.